The molecule has 21 heavy (non-hydrogen) atoms. The summed E-state index contributed by atoms with van der Waals surface area (Å²) < 4.78 is 7.26. The molecular formula is C13H12ClN5OS. The number of hydrogen-bond donors (Lipinski definition) is 0. The molecule has 0 fully saturated rings. The second kappa shape index (κ2) is 5.87. The van der Waals surface area contributed by atoms with E-state index < -0.39 is 0 Å². The third-order valence-electron chi connectivity index (χ3n) is 2.83. The van der Waals surface area contributed by atoms with Crippen molar-refractivity contribution < 1.29 is 4.42 Å². The maximum absolute atomic E-state index is 5.89. The van der Waals surface area contributed by atoms with Crippen molar-refractivity contribution >= 4 is 23.4 Å². The Kier molecular flexibility index (Phi) is 3.94. The summed E-state index contributed by atoms with van der Waals surface area (Å²) in [7, 11) is 1.92. The zero-order valence-electron chi connectivity index (χ0n) is 11.4. The Hall–Kier alpha value is -1.86. The second-order valence-electron chi connectivity index (χ2n) is 4.38. The van der Waals surface area contributed by atoms with E-state index in [1.807, 2.05) is 35.9 Å². The predicted octanol–water partition coefficient (Wildman–Crippen LogP) is 3.12. The molecule has 0 atom stereocenters. The summed E-state index contributed by atoms with van der Waals surface area (Å²) in [5.41, 5.74) is 0.967. The molecule has 0 saturated carbocycles. The van der Waals surface area contributed by atoms with E-state index in [1.54, 1.807) is 6.92 Å². The third-order valence-corrected chi connectivity index (χ3v) is 4.09. The lowest BCUT2D eigenvalue weighted by Crippen LogP contribution is -1.95. The first kappa shape index (κ1) is 14.1. The molecule has 108 valence electrons. The van der Waals surface area contributed by atoms with Crippen molar-refractivity contribution in [1.82, 2.24) is 25.0 Å². The Morgan fingerprint density at radius 3 is 2.57 bits per heavy atom. The van der Waals surface area contributed by atoms with E-state index in [4.69, 9.17) is 16.0 Å². The smallest absolute Gasteiger partial charge is 0.226 e. The van der Waals surface area contributed by atoms with Crippen LogP contribution in [0.2, 0.25) is 5.02 Å². The number of thioether (sulfide) groups is 1. The number of rotatable bonds is 4. The van der Waals surface area contributed by atoms with Crippen LogP contribution in [-0.2, 0) is 12.8 Å². The van der Waals surface area contributed by atoms with Gasteiger partial charge in [-0.25, -0.2) is 0 Å². The van der Waals surface area contributed by atoms with Crippen LogP contribution in [0.5, 0.6) is 0 Å². The minimum absolute atomic E-state index is 0.561. The highest BCUT2D eigenvalue weighted by molar-refractivity contribution is 7.98. The van der Waals surface area contributed by atoms with Crippen LogP contribution in [0.4, 0.5) is 0 Å². The first-order chi connectivity index (χ1) is 10.1. The van der Waals surface area contributed by atoms with Crippen molar-refractivity contribution in [2.45, 2.75) is 17.8 Å². The van der Waals surface area contributed by atoms with Gasteiger partial charge in [0.1, 0.15) is 0 Å². The highest BCUT2D eigenvalue weighted by Crippen LogP contribution is 2.25. The molecule has 0 spiro atoms. The summed E-state index contributed by atoms with van der Waals surface area (Å²) >= 11 is 7.39. The van der Waals surface area contributed by atoms with Gasteiger partial charge in [-0.05, 0) is 24.3 Å². The molecular weight excluding hydrogens is 310 g/mol. The van der Waals surface area contributed by atoms with E-state index in [0.29, 0.717) is 22.6 Å². The fraction of sp³-hybridized carbons (Fsp3) is 0.231. The number of nitrogens with zero attached hydrogens (tertiary/aromatic N) is 5. The first-order valence-corrected chi connectivity index (χ1v) is 7.57. The number of aryl methyl sites for hydroxylation is 1. The zero-order chi connectivity index (χ0) is 14.8. The maximum Gasteiger partial charge on any atom is 0.226 e. The van der Waals surface area contributed by atoms with E-state index in [-0.39, 0.29) is 0 Å². The summed E-state index contributed by atoms with van der Waals surface area (Å²) in [5.74, 6) is 2.49. The summed E-state index contributed by atoms with van der Waals surface area (Å²) in [6.07, 6.45) is 0. The Balaban J connectivity index is 1.77. The Bertz CT molecular complexity index is 752. The van der Waals surface area contributed by atoms with Crippen LogP contribution < -0.4 is 0 Å². The van der Waals surface area contributed by atoms with Gasteiger partial charge < -0.3 is 8.98 Å². The summed E-state index contributed by atoms with van der Waals surface area (Å²) in [4.78, 5) is 0. The molecule has 0 radical (unpaired) electrons. The molecule has 0 bridgehead atoms. The van der Waals surface area contributed by atoms with Gasteiger partial charge >= 0.3 is 0 Å². The number of aromatic nitrogens is 5. The van der Waals surface area contributed by atoms with Crippen molar-refractivity contribution in [1.29, 1.82) is 0 Å². The van der Waals surface area contributed by atoms with Gasteiger partial charge in [0.15, 0.2) is 11.0 Å². The van der Waals surface area contributed by atoms with Gasteiger partial charge in [0.2, 0.25) is 11.8 Å². The average molecular weight is 322 g/mol. The van der Waals surface area contributed by atoms with Gasteiger partial charge in [-0.1, -0.05) is 23.4 Å². The summed E-state index contributed by atoms with van der Waals surface area (Å²) in [6.45, 7) is 1.77. The fourth-order valence-electron chi connectivity index (χ4n) is 1.81. The van der Waals surface area contributed by atoms with Crippen LogP contribution in [0.3, 0.4) is 0 Å². The highest BCUT2D eigenvalue weighted by atomic mass is 35.5. The maximum atomic E-state index is 5.89. The first-order valence-electron chi connectivity index (χ1n) is 6.20. The van der Waals surface area contributed by atoms with Crippen LogP contribution in [0.15, 0.2) is 33.8 Å². The molecule has 8 heteroatoms. The summed E-state index contributed by atoms with van der Waals surface area (Å²) in [5, 5.41) is 17.6. The molecule has 3 rings (SSSR count). The number of hydrogen-bond acceptors (Lipinski definition) is 6. The Morgan fingerprint density at radius 2 is 1.90 bits per heavy atom. The lowest BCUT2D eigenvalue weighted by atomic mass is 10.2. The SMILES string of the molecule is Cc1nnc(CSc2nnc(-c3ccc(Cl)cc3)n2C)o1. The molecule has 2 aromatic heterocycles. The number of halogens is 1. The average Bonchev–Trinajstić information content (AvgIpc) is 3.04. The molecule has 1 aromatic carbocycles. The molecule has 0 aliphatic heterocycles. The van der Waals surface area contributed by atoms with Crippen LogP contribution in [0, 0.1) is 6.92 Å². The lowest BCUT2D eigenvalue weighted by Gasteiger charge is -2.03. The molecule has 0 aliphatic rings. The molecule has 0 amide bonds. The van der Waals surface area contributed by atoms with Crippen molar-refractivity contribution in [3.63, 3.8) is 0 Å². The van der Waals surface area contributed by atoms with Gasteiger partial charge in [-0.3, -0.25) is 0 Å². The minimum atomic E-state index is 0.561. The van der Waals surface area contributed by atoms with E-state index in [9.17, 15) is 0 Å². The van der Waals surface area contributed by atoms with Crippen LogP contribution in [-0.4, -0.2) is 25.0 Å². The van der Waals surface area contributed by atoms with Crippen molar-refractivity contribution in [3.8, 4) is 11.4 Å². The van der Waals surface area contributed by atoms with Crippen molar-refractivity contribution in [2.24, 2.45) is 7.05 Å². The van der Waals surface area contributed by atoms with Gasteiger partial charge in [0.25, 0.3) is 0 Å². The topological polar surface area (TPSA) is 69.6 Å². The Morgan fingerprint density at radius 1 is 1.14 bits per heavy atom. The molecule has 6 nitrogen and oxygen atoms in total. The molecule has 0 aliphatic carbocycles. The molecule has 0 saturated heterocycles. The fourth-order valence-corrected chi connectivity index (χ4v) is 2.69. The van der Waals surface area contributed by atoms with Crippen LogP contribution in [0.25, 0.3) is 11.4 Å². The second-order valence-corrected chi connectivity index (χ2v) is 5.75. The monoisotopic (exact) mass is 321 g/mol. The van der Waals surface area contributed by atoms with Crippen molar-refractivity contribution in [3.05, 3.63) is 41.1 Å². The quantitative estimate of drug-likeness (QED) is 0.688. The molecule has 3 aromatic rings. The van der Waals surface area contributed by atoms with E-state index in [1.165, 1.54) is 11.8 Å². The van der Waals surface area contributed by atoms with Gasteiger partial charge in [-0.2, -0.15) is 0 Å². The van der Waals surface area contributed by atoms with Gasteiger partial charge in [0, 0.05) is 24.6 Å². The molecule has 2 heterocycles. The highest BCUT2D eigenvalue weighted by Gasteiger charge is 2.12. The Labute approximate surface area is 130 Å². The minimum Gasteiger partial charge on any atom is -0.425 e. The van der Waals surface area contributed by atoms with E-state index in [0.717, 1.165) is 16.5 Å². The van der Waals surface area contributed by atoms with Gasteiger partial charge in [-0.15, -0.1) is 20.4 Å². The van der Waals surface area contributed by atoms with Crippen LogP contribution >= 0.6 is 23.4 Å². The molecule has 0 unspecified atom stereocenters. The number of benzene rings is 1. The van der Waals surface area contributed by atoms with Gasteiger partial charge in [0.05, 0.1) is 5.75 Å². The van der Waals surface area contributed by atoms with E-state index in [2.05, 4.69) is 20.4 Å². The normalized spacial score (nSPS) is 11.0. The zero-order valence-corrected chi connectivity index (χ0v) is 13.0. The third kappa shape index (κ3) is 3.08. The van der Waals surface area contributed by atoms with Crippen molar-refractivity contribution in [2.75, 3.05) is 0 Å². The summed E-state index contributed by atoms with van der Waals surface area (Å²) in [6, 6.07) is 7.50. The van der Waals surface area contributed by atoms with Crippen LogP contribution in [0.1, 0.15) is 11.8 Å². The standard InChI is InChI=1S/C13H12ClN5OS/c1-8-15-16-11(20-8)7-21-13-18-17-12(19(13)2)9-3-5-10(14)6-4-9/h3-6H,7H2,1-2H3. The lowest BCUT2D eigenvalue weighted by molar-refractivity contribution is 0.485. The predicted molar refractivity (Wildman–Crippen MR) is 80.0 cm³/mol. The molecule has 0 N–H and O–H groups in total. The largest absolute Gasteiger partial charge is 0.425 e. The van der Waals surface area contributed by atoms with E-state index >= 15 is 0 Å².